The highest BCUT2D eigenvalue weighted by Crippen LogP contribution is 2.36. The Balaban J connectivity index is 1.88. The number of benzene rings is 2. The normalized spacial score (nSPS) is 15.0. The highest BCUT2D eigenvalue weighted by Gasteiger charge is 2.25. The van der Waals surface area contributed by atoms with Crippen LogP contribution in [0.5, 0.6) is 5.75 Å². The molecule has 4 nitrogen and oxygen atoms in total. The summed E-state index contributed by atoms with van der Waals surface area (Å²) in [7, 11) is 0. The molecule has 0 aromatic heterocycles. The number of carbonyl (C=O) groups is 1. The molecule has 0 amide bonds. The second kappa shape index (κ2) is 8.85. The Kier molecular flexibility index (Phi) is 6.50. The van der Waals surface area contributed by atoms with Gasteiger partial charge in [0.2, 0.25) is 5.90 Å². The van der Waals surface area contributed by atoms with Crippen molar-refractivity contribution in [2.75, 3.05) is 6.61 Å². The first-order valence-electron chi connectivity index (χ1n) is 8.70. The summed E-state index contributed by atoms with van der Waals surface area (Å²) in [6, 6.07) is 11.5. The molecule has 6 heteroatoms. The molecule has 2 aromatic carbocycles. The van der Waals surface area contributed by atoms with Gasteiger partial charge in [-0.05, 0) is 80.6 Å². The van der Waals surface area contributed by atoms with Crippen LogP contribution in [0.3, 0.4) is 0 Å². The number of cyclic esters (lactones) is 1. The van der Waals surface area contributed by atoms with Crippen LogP contribution in [0, 0.1) is 6.92 Å². The van der Waals surface area contributed by atoms with Crippen molar-refractivity contribution >= 4 is 49.8 Å². The molecule has 0 bridgehead atoms. The number of aliphatic imine (C=N–C) groups is 1. The van der Waals surface area contributed by atoms with E-state index in [0.717, 1.165) is 44.2 Å². The second-order valence-corrected chi connectivity index (χ2v) is 7.88. The number of aryl methyl sites for hydroxylation is 1. The van der Waals surface area contributed by atoms with Gasteiger partial charge in [-0.2, -0.15) is 0 Å². The fourth-order valence-electron chi connectivity index (χ4n) is 2.61. The minimum absolute atomic E-state index is 0.270. The molecular weight excluding hydrogens is 474 g/mol. The summed E-state index contributed by atoms with van der Waals surface area (Å²) in [5.74, 6) is 0.634. The van der Waals surface area contributed by atoms with Crippen molar-refractivity contribution in [2.45, 2.75) is 26.7 Å². The van der Waals surface area contributed by atoms with Gasteiger partial charge in [-0.15, -0.1) is 0 Å². The minimum Gasteiger partial charge on any atom is -0.491 e. The average Bonchev–Trinajstić information content (AvgIpc) is 2.98. The quantitative estimate of drug-likeness (QED) is 0.280. The molecule has 140 valence electrons. The number of hydrogen-bond donors (Lipinski definition) is 0. The molecular formula is C21H19Br2NO3. The number of nitrogens with zero attached hydrogens (tertiary/aromatic N) is 1. The molecule has 0 atom stereocenters. The van der Waals surface area contributed by atoms with Gasteiger partial charge in [-0.3, -0.25) is 0 Å². The van der Waals surface area contributed by atoms with Crippen LogP contribution in [0.4, 0.5) is 0 Å². The SMILES string of the molecule is CCCCOc1c(Br)cc(/C=C2\N=C(c3ccccc3C)OC2=O)cc1Br. The number of hydrogen-bond acceptors (Lipinski definition) is 4. The van der Waals surface area contributed by atoms with Crippen molar-refractivity contribution in [1.29, 1.82) is 0 Å². The van der Waals surface area contributed by atoms with Crippen molar-refractivity contribution in [1.82, 2.24) is 0 Å². The van der Waals surface area contributed by atoms with Crippen molar-refractivity contribution in [2.24, 2.45) is 4.99 Å². The van der Waals surface area contributed by atoms with E-state index in [0.29, 0.717) is 12.5 Å². The van der Waals surface area contributed by atoms with Gasteiger partial charge >= 0.3 is 5.97 Å². The van der Waals surface area contributed by atoms with Crippen LogP contribution in [0.1, 0.15) is 36.5 Å². The van der Waals surface area contributed by atoms with Gasteiger partial charge in [0, 0.05) is 5.56 Å². The molecule has 0 spiro atoms. The number of unbranched alkanes of at least 4 members (excludes halogenated alkanes) is 1. The molecule has 0 aliphatic carbocycles. The molecule has 1 aliphatic rings. The Morgan fingerprint density at radius 3 is 2.56 bits per heavy atom. The molecule has 0 radical (unpaired) electrons. The number of esters is 1. The molecule has 0 fully saturated rings. The van der Waals surface area contributed by atoms with Gasteiger partial charge in [0.1, 0.15) is 5.75 Å². The third kappa shape index (κ3) is 4.68. The lowest BCUT2D eigenvalue weighted by Crippen LogP contribution is -2.06. The van der Waals surface area contributed by atoms with Gasteiger partial charge in [-0.1, -0.05) is 31.5 Å². The summed E-state index contributed by atoms with van der Waals surface area (Å²) in [5, 5.41) is 0. The molecule has 0 saturated carbocycles. The summed E-state index contributed by atoms with van der Waals surface area (Å²) in [4.78, 5) is 16.6. The monoisotopic (exact) mass is 491 g/mol. The Hall–Kier alpha value is -1.92. The maximum atomic E-state index is 12.2. The topological polar surface area (TPSA) is 47.9 Å². The maximum absolute atomic E-state index is 12.2. The van der Waals surface area contributed by atoms with Crippen LogP contribution in [0.25, 0.3) is 6.08 Å². The fraction of sp³-hybridized carbons (Fsp3) is 0.238. The van der Waals surface area contributed by atoms with Crippen LogP contribution in [-0.4, -0.2) is 18.5 Å². The fourth-order valence-corrected chi connectivity index (χ4v) is 4.07. The van der Waals surface area contributed by atoms with Crippen LogP contribution < -0.4 is 4.74 Å². The van der Waals surface area contributed by atoms with Crippen LogP contribution in [0.2, 0.25) is 0 Å². The number of carbonyl (C=O) groups excluding carboxylic acids is 1. The van der Waals surface area contributed by atoms with E-state index < -0.39 is 5.97 Å². The van der Waals surface area contributed by atoms with Crippen LogP contribution in [0.15, 0.2) is 56.0 Å². The smallest absolute Gasteiger partial charge is 0.363 e. The minimum atomic E-state index is -0.455. The zero-order chi connectivity index (χ0) is 19.4. The van der Waals surface area contributed by atoms with E-state index in [-0.39, 0.29) is 5.70 Å². The lowest BCUT2D eigenvalue weighted by atomic mass is 10.1. The molecule has 1 heterocycles. The first-order chi connectivity index (χ1) is 13.0. The Morgan fingerprint density at radius 1 is 1.19 bits per heavy atom. The van der Waals surface area contributed by atoms with Gasteiger partial charge in [0.05, 0.1) is 15.6 Å². The summed E-state index contributed by atoms with van der Waals surface area (Å²) in [5.41, 5.74) is 2.91. The Bertz CT molecular complexity index is 912. The summed E-state index contributed by atoms with van der Waals surface area (Å²) < 4.78 is 12.8. The molecule has 0 unspecified atom stereocenters. The molecule has 3 rings (SSSR count). The average molecular weight is 493 g/mol. The van der Waals surface area contributed by atoms with Crippen molar-refractivity contribution in [3.05, 3.63) is 67.7 Å². The highest BCUT2D eigenvalue weighted by atomic mass is 79.9. The van der Waals surface area contributed by atoms with Crippen molar-refractivity contribution in [3.8, 4) is 5.75 Å². The van der Waals surface area contributed by atoms with Gasteiger partial charge in [0.15, 0.2) is 5.70 Å². The molecule has 0 N–H and O–H groups in total. The van der Waals surface area contributed by atoms with Gasteiger partial charge in [-0.25, -0.2) is 9.79 Å². The third-order valence-corrected chi connectivity index (χ3v) is 5.24. The lowest BCUT2D eigenvalue weighted by Gasteiger charge is -2.11. The molecule has 2 aromatic rings. The largest absolute Gasteiger partial charge is 0.491 e. The van der Waals surface area contributed by atoms with Gasteiger partial charge in [0.25, 0.3) is 0 Å². The summed E-state index contributed by atoms with van der Waals surface area (Å²) >= 11 is 7.07. The molecule has 0 saturated heterocycles. The highest BCUT2D eigenvalue weighted by molar-refractivity contribution is 9.11. The first-order valence-corrected chi connectivity index (χ1v) is 10.3. The van der Waals surface area contributed by atoms with E-state index in [9.17, 15) is 4.79 Å². The molecule has 27 heavy (non-hydrogen) atoms. The van der Waals surface area contributed by atoms with Crippen LogP contribution >= 0.6 is 31.9 Å². The number of halogens is 2. The maximum Gasteiger partial charge on any atom is 0.363 e. The van der Waals surface area contributed by atoms with E-state index >= 15 is 0 Å². The first kappa shape index (κ1) is 19.8. The zero-order valence-corrected chi connectivity index (χ0v) is 18.3. The van der Waals surface area contributed by atoms with E-state index in [1.165, 1.54) is 0 Å². The van der Waals surface area contributed by atoms with E-state index in [4.69, 9.17) is 9.47 Å². The van der Waals surface area contributed by atoms with Crippen molar-refractivity contribution in [3.63, 3.8) is 0 Å². The van der Waals surface area contributed by atoms with Crippen LogP contribution in [-0.2, 0) is 9.53 Å². The third-order valence-electron chi connectivity index (χ3n) is 4.06. The summed E-state index contributed by atoms with van der Waals surface area (Å²) in [6.45, 7) is 4.73. The Morgan fingerprint density at radius 2 is 1.89 bits per heavy atom. The van der Waals surface area contributed by atoms with Gasteiger partial charge < -0.3 is 9.47 Å². The summed E-state index contributed by atoms with van der Waals surface area (Å²) in [6.07, 6.45) is 3.77. The van der Waals surface area contributed by atoms with E-state index in [2.05, 4.69) is 43.8 Å². The molecule has 1 aliphatic heterocycles. The van der Waals surface area contributed by atoms with E-state index in [1.54, 1.807) is 6.08 Å². The Labute approximate surface area is 175 Å². The second-order valence-electron chi connectivity index (χ2n) is 6.17. The standard InChI is InChI=1S/C21H19Br2NO3/c1-3-4-9-26-19-16(22)10-14(11-17(19)23)12-18-21(25)27-20(24-18)15-8-6-5-7-13(15)2/h5-8,10-12H,3-4,9H2,1-2H3/b18-12-. The number of rotatable bonds is 6. The zero-order valence-electron chi connectivity index (χ0n) is 15.1. The number of ether oxygens (including phenoxy) is 2. The predicted molar refractivity (Wildman–Crippen MR) is 114 cm³/mol. The van der Waals surface area contributed by atoms with E-state index in [1.807, 2.05) is 43.3 Å². The lowest BCUT2D eigenvalue weighted by molar-refractivity contribution is -0.129. The predicted octanol–water partition coefficient (Wildman–Crippen LogP) is 6.04. The van der Waals surface area contributed by atoms with Crippen molar-refractivity contribution < 1.29 is 14.3 Å².